The maximum absolute atomic E-state index is 5.80. The zero-order chi connectivity index (χ0) is 14.7. The van der Waals surface area contributed by atoms with E-state index in [0.717, 1.165) is 15.3 Å². The first kappa shape index (κ1) is 14.8. The molecule has 0 aliphatic carbocycles. The van der Waals surface area contributed by atoms with Crippen molar-refractivity contribution >= 4 is 43.2 Å². The molecule has 0 saturated heterocycles. The molecule has 106 valence electrons. The van der Waals surface area contributed by atoms with Crippen LogP contribution in [0.4, 0.5) is 0 Å². The minimum absolute atomic E-state index is 0.208. The average Bonchev–Trinajstić information content (AvgIpc) is 2.95. The Morgan fingerprint density at radius 3 is 2.10 bits per heavy atom. The molecule has 0 spiro atoms. The van der Waals surface area contributed by atoms with Crippen LogP contribution in [-0.2, 0) is 0 Å². The Labute approximate surface area is 144 Å². The molecule has 0 saturated carbocycles. The fourth-order valence-corrected chi connectivity index (χ4v) is 4.13. The predicted molar refractivity (Wildman–Crippen MR) is 95.7 cm³/mol. The van der Waals surface area contributed by atoms with Crippen molar-refractivity contribution < 1.29 is 4.74 Å². The summed E-state index contributed by atoms with van der Waals surface area (Å²) in [6.45, 7) is 0. The molecule has 0 bridgehead atoms. The SMILES string of the molecule is Brc1ccc(C(Br)c2ccc(Oc3ccccc3)cc2)s1. The van der Waals surface area contributed by atoms with Crippen molar-refractivity contribution in [2.24, 2.45) is 0 Å². The fraction of sp³-hybridized carbons (Fsp3) is 0.0588. The Morgan fingerprint density at radius 2 is 1.48 bits per heavy atom. The van der Waals surface area contributed by atoms with Gasteiger partial charge in [0.25, 0.3) is 0 Å². The maximum atomic E-state index is 5.80. The van der Waals surface area contributed by atoms with Crippen molar-refractivity contribution in [3.05, 3.63) is 81.0 Å². The normalized spacial score (nSPS) is 12.1. The Bertz CT molecular complexity index is 707. The molecular weight excluding hydrogens is 412 g/mol. The molecule has 4 heteroatoms. The molecule has 0 radical (unpaired) electrons. The van der Waals surface area contributed by atoms with Crippen LogP contribution in [0.25, 0.3) is 0 Å². The quantitative estimate of drug-likeness (QED) is 0.420. The highest BCUT2D eigenvalue weighted by Crippen LogP contribution is 2.37. The molecule has 1 aromatic heterocycles. The van der Waals surface area contributed by atoms with Crippen LogP contribution in [0.3, 0.4) is 0 Å². The molecular formula is C17H12Br2OS. The minimum atomic E-state index is 0.208. The number of ether oxygens (including phenoxy) is 1. The molecule has 2 aromatic carbocycles. The molecule has 0 fully saturated rings. The van der Waals surface area contributed by atoms with Crippen LogP contribution < -0.4 is 4.74 Å². The third-order valence-corrected chi connectivity index (χ3v) is 6.01. The van der Waals surface area contributed by atoms with Gasteiger partial charge in [-0.25, -0.2) is 0 Å². The van der Waals surface area contributed by atoms with Gasteiger partial charge in [0.15, 0.2) is 0 Å². The van der Waals surface area contributed by atoms with Crippen LogP contribution in [0.1, 0.15) is 15.3 Å². The van der Waals surface area contributed by atoms with Gasteiger partial charge in [0, 0.05) is 4.88 Å². The Kier molecular flexibility index (Phi) is 4.78. The summed E-state index contributed by atoms with van der Waals surface area (Å²) in [6.07, 6.45) is 0. The number of para-hydroxylation sites is 1. The standard InChI is InChI=1S/C17H12Br2OS/c18-16-11-10-15(21-16)17(19)12-6-8-14(9-7-12)20-13-4-2-1-3-5-13/h1-11,17H. The third-order valence-electron chi connectivity index (χ3n) is 3.00. The average molecular weight is 424 g/mol. The molecule has 21 heavy (non-hydrogen) atoms. The first-order chi connectivity index (χ1) is 10.2. The van der Waals surface area contributed by atoms with Crippen LogP contribution in [0, 0.1) is 0 Å². The molecule has 1 nitrogen and oxygen atoms in total. The van der Waals surface area contributed by atoms with Gasteiger partial charge in [0.2, 0.25) is 0 Å². The topological polar surface area (TPSA) is 9.23 Å². The van der Waals surface area contributed by atoms with Crippen molar-refractivity contribution in [3.63, 3.8) is 0 Å². The van der Waals surface area contributed by atoms with Gasteiger partial charge >= 0.3 is 0 Å². The fourth-order valence-electron chi connectivity index (χ4n) is 1.96. The van der Waals surface area contributed by atoms with E-state index in [1.807, 2.05) is 42.5 Å². The molecule has 1 unspecified atom stereocenters. The zero-order valence-electron chi connectivity index (χ0n) is 11.0. The number of thiophene rings is 1. The summed E-state index contributed by atoms with van der Waals surface area (Å²) < 4.78 is 6.95. The van der Waals surface area contributed by atoms with E-state index >= 15 is 0 Å². The second-order valence-electron chi connectivity index (χ2n) is 4.49. The van der Waals surface area contributed by atoms with Crippen LogP contribution in [0.2, 0.25) is 0 Å². The number of hydrogen-bond acceptors (Lipinski definition) is 2. The van der Waals surface area contributed by atoms with Gasteiger partial charge in [-0.15, -0.1) is 11.3 Å². The van der Waals surface area contributed by atoms with E-state index in [4.69, 9.17) is 4.74 Å². The number of rotatable bonds is 4. The largest absolute Gasteiger partial charge is 0.457 e. The van der Waals surface area contributed by atoms with Gasteiger partial charge in [-0.05, 0) is 57.9 Å². The highest BCUT2D eigenvalue weighted by molar-refractivity contribution is 9.11. The lowest BCUT2D eigenvalue weighted by atomic mass is 10.1. The molecule has 0 aliphatic rings. The highest BCUT2D eigenvalue weighted by atomic mass is 79.9. The third kappa shape index (κ3) is 3.76. The van der Waals surface area contributed by atoms with Crippen molar-refractivity contribution in [2.45, 2.75) is 4.83 Å². The van der Waals surface area contributed by atoms with Crippen molar-refractivity contribution in [1.82, 2.24) is 0 Å². The number of halogens is 2. The van der Waals surface area contributed by atoms with Crippen LogP contribution >= 0.6 is 43.2 Å². The maximum Gasteiger partial charge on any atom is 0.127 e. The van der Waals surface area contributed by atoms with E-state index in [0.29, 0.717) is 0 Å². The minimum Gasteiger partial charge on any atom is -0.457 e. The molecule has 1 atom stereocenters. The van der Waals surface area contributed by atoms with E-state index in [2.05, 4.69) is 56.1 Å². The van der Waals surface area contributed by atoms with E-state index in [1.165, 1.54) is 10.4 Å². The Hall–Kier alpha value is -1.10. The number of hydrogen-bond donors (Lipinski definition) is 0. The van der Waals surface area contributed by atoms with E-state index in [1.54, 1.807) is 11.3 Å². The van der Waals surface area contributed by atoms with Crippen LogP contribution in [-0.4, -0.2) is 0 Å². The van der Waals surface area contributed by atoms with Gasteiger partial charge < -0.3 is 4.74 Å². The summed E-state index contributed by atoms with van der Waals surface area (Å²) in [6, 6.07) is 22.2. The van der Waals surface area contributed by atoms with Crippen molar-refractivity contribution in [2.75, 3.05) is 0 Å². The summed E-state index contributed by atoms with van der Waals surface area (Å²) in [4.78, 5) is 1.48. The molecule has 0 aliphatic heterocycles. The lowest BCUT2D eigenvalue weighted by Gasteiger charge is -2.10. The lowest BCUT2D eigenvalue weighted by Crippen LogP contribution is -1.90. The monoisotopic (exact) mass is 422 g/mol. The molecule has 0 amide bonds. The molecule has 3 aromatic rings. The number of benzene rings is 2. The van der Waals surface area contributed by atoms with E-state index in [-0.39, 0.29) is 4.83 Å². The Morgan fingerprint density at radius 1 is 0.810 bits per heavy atom. The summed E-state index contributed by atoms with van der Waals surface area (Å²) in [5.41, 5.74) is 1.21. The van der Waals surface area contributed by atoms with E-state index < -0.39 is 0 Å². The molecule has 1 heterocycles. The van der Waals surface area contributed by atoms with Gasteiger partial charge in [-0.2, -0.15) is 0 Å². The second kappa shape index (κ2) is 6.77. The van der Waals surface area contributed by atoms with Crippen LogP contribution in [0.15, 0.2) is 70.5 Å². The predicted octanol–water partition coefficient (Wildman–Crippen LogP) is 6.79. The van der Waals surface area contributed by atoms with E-state index in [9.17, 15) is 0 Å². The molecule has 3 rings (SSSR count). The summed E-state index contributed by atoms with van der Waals surface area (Å²) in [5, 5.41) is 0. The first-order valence-corrected chi connectivity index (χ1v) is 8.97. The van der Waals surface area contributed by atoms with Gasteiger partial charge in [0.1, 0.15) is 11.5 Å². The van der Waals surface area contributed by atoms with Crippen LogP contribution in [0.5, 0.6) is 11.5 Å². The van der Waals surface area contributed by atoms with Gasteiger partial charge in [-0.3, -0.25) is 0 Å². The zero-order valence-corrected chi connectivity index (χ0v) is 15.0. The summed E-state index contributed by atoms with van der Waals surface area (Å²) in [5.74, 6) is 1.69. The smallest absolute Gasteiger partial charge is 0.127 e. The van der Waals surface area contributed by atoms with Crippen molar-refractivity contribution in [3.8, 4) is 11.5 Å². The highest BCUT2D eigenvalue weighted by Gasteiger charge is 2.12. The van der Waals surface area contributed by atoms with Gasteiger partial charge in [-0.1, -0.05) is 46.3 Å². The Balaban J connectivity index is 1.75. The van der Waals surface area contributed by atoms with Gasteiger partial charge in [0.05, 0.1) is 8.61 Å². The summed E-state index contributed by atoms with van der Waals surface area (Å²) in [7, 11) is 0. The number of alkyl halides is 1. The summed E-state index contributed by atoms with van der Waals surface area (Å²) >= 11 is 8.98. The lowest BCUT2D eigenvalue weighted by molar-refractivity contribution is 0.482. The van der Waals surface area contributed by atoms with Crippen molar-refractivity contribution in [1.29, 1.82) is 0 Å². The second-order valence-corrected chi connectivity index (χ2v) is 7.90. The first-order valence-electron chi connectivity index (χ1n) is 6.44. The molecule has 0 N–H and O–H groups in total.